The molecule has 3 rings (SSSR count). The molecule has 0 heterocycles. The van der Waals surface area contributed by atoms with E-state index in [-0.39, 0.29) is 41.7 Å². The van der Waals surface area contributed by atoms with E-state index < -0.39 is 23.4 Å². The van der Waals surface area contributed by atoms with Gasteiger partial charge in [-0.05, 0) is 66.4 Å². The van der Waals surface area contributed by atoms with Crippen LogP contribution in [0.4, 0.5) is 39.0 Å². The maximum atomic E-state index is 14.4. The highest BCUT2D eigenvalue weighted by atomic mass is 19.4. The molecule has 0 spiro atoms. The van der Waals surface area contributed by atoms with Gasteiger partial charge in [-0.1, -0.05) is 45.2 Å². The molecule has 4 nitrogen and oxygen atoms in total. The van der Waals surface area contributed by atoms with E-state index in [4.69, 9.17) is 4.74 Å². The van der Waals surface area contributed by atoms with E-state index in [2.05, 4.69) is 24.5 Å². The molecule has 0 aliphatic heterocycles. The molecule has 0 bridgehead atoms. The number of anilines is 3. The summed E-state index contributed by atoms with van der Waals surface area (Å²) in [6, 6.07) is 12.5. The molecule has 38 heavy (non-hydrogen) atoms. The number of alkyl halides is 3. The normalized spacial score (nSPS) is 12.2. The molecule has 3 aromatic carbocycles. The second-order valence-electron chi connectivity index (χ2n) is 9.09. The quantitative estimate of drug-likeness (QED) is 0.228. The molecule has 204 valence electrons. The van der Waals surface area contributed by atoms with Crippen molar-refractivity contribution >= 4 is 23.0 Å². The predicted octanol–water partition coefficient (Wildman–Crippen LogP) is 8.85. The van der Waals surface area contributed by atoms with E-state index in [9.17, 15) is 26.7 Å². The minimum Gasteiger partial charge on any atom is -0.489 e. The molecule has 0 saturated carbocycles. The number of hydrogen-bond acceptors (Lipinski definition) is 3. The second kappa shape index (κ2) is 13.3. The van der Waals surface area contributed by atoms with Crippen molar-refractivity contribution in [3.63, 3.8) is 0 Å². The fourth-order valence-corrected chi connectivity index (χ4v) is 4.07. The van der Waals surface area contributed by atoms with Crippen LogP contribution in [0.15, 0.2) is 60.7 Å². The highest BCUT2D eigenvalue weighted by molar-refractivity contribution is 5.91. The molecular formula is C29H31F5N2O2. The van der Waals surface area contributed by atoms with Gasteiger partial charge in [-0.15, -0.1) is 0 Å². The summed E-state index contributed by atoms with van der Waals surface area (Å²) in [4.78, 5) is 12.4. The molecule has 0 fully saturated rings. The Morgan fingerprint density at radius 2 is 1.66 bits per heavy atom. The number of rotatable bonds is 12. The first-order chi connectivity index (χ1) is 18.1. The Labute approximate surface area is 219 Å². The van der Waals surface area contributed by atoms with E-state index in [1.165, 1.54) is 48.5 Å². The smallest absolute Gasteiger partial charge is 0.418 e. The van der Waals surface area contributed by atoms with Crippen molar-refractivity contribution in [1.82, 2.24) is 0 Å². The molecule has 2 N–H and O–H groups in total. The van der Waals surface area contributed by atoms with E-state index >= 15 is 0 Å². The highest BCUT2D eigenvalue weighted by Crippen LogP contribution is 2.39. The SMILES string of the molecule is CCCC(CC)CCC(=O)Nc1cc(Nc2ccc(OCc3ccc(F)cc3)cc2C(F)(F)F)ccc1F. The van der Waals surface area contributed by atoms with E-state index in [0.717, 1.165) is 31.4 Å². The summed E-state index contributed by atoms with van der Waals surface area (Å²) < 4.78 is 74.4. The predicted molar refractivity (Wildman–Crippen MR) is 138 cm³/mol. The van der Waals surface area contributed by atoms with Crippen molar-refractivity contribution in [3.05, 3.63) is 83.4 Å². The number of hydrogen-bond donors (Lipinski definition) is 2. The van der Waals surface area contributed by atoms with Gasteiger partial charge in [0.2, 0.25) is 5.91 Å². The van der Waals surface area contributed by atoms with E-state index in [1.54, 1.807) is 0 Å². The lowest BCUT2D eigenvalue weighted by Crippen LogP contribution is -2.14. The van der Waals surface area contributed by atoms with Crippen LogP contribution in [0.3, 0.4) is 0 Å². The number of amides is 1. The number of carbonyl (C=O) groups is 1. The summed E-state index contributed by atoms with van der Waals surface area (Å²) in [5.41, 5.74) is -0.592. The summed E-state index contributed by atoms with van der Waals surface area (Å²) in [5, 5.41) is 5.20. The molecule has 0 radical (unpaired) electrons. The Bertz CT molecular complexity index is 1210. The Hall–Kier alpha value is -3.62. The van der Waals surface area contributed by atoms with Gasteiger partial charge in [0.1, 0.15) is 24.0 Å². The largest absolute Gasteiger partial charge is 0.489 e. The summed E-state index contributed by atoms with van der Waals surface area (Å²) in [5.74, 6) is -1.08. The topological polar surface area (TPSA) is 50.4 Å². The Morgan fingerprint density at radius 3 is 2.32 bits per heavy atom. The zero-order chi connectivity index (χ0) is 27.7. The third kappa shape index (κ3) is 8.46. The minimum atomic E-state index is -4.71. The fourth-order valence-electron chi connectivity index (χ4n) is 4.07. The van der Waals surface area contributed by atoms with Gasteiger partial charge in [0.05, 0.1) is 16.9 Å². The van der Waals surface area contributed by atoms with E-state index in [1.807, 2.05) is 0 Å². The number of nitrogens with one attached hydrogen (secondary N) is 2. The molecule has 0 aliphatic rings. The number of carbonyl (C=O) groups excluding carboxylic acids is 1. The van der Waals surface area contributed by atoms with Crippen LogP contribution in [0.5, 0.6) is 5.75 Å². The molecule has 1 unspecified atom stereocenters. The third-order valence-electron chi connectivity index (χ3n) is 6.19. The number of benzene rings is 3. The Balaban J connectivity index is 1.72. The average Bonchev–Trinajstić information content (AvgIpc) is 2.88. The Kier molecular flexibility index (Phi) is 10.1. The molecular weight excluding hydrogens is 503 g/mol. The lowest BCUT2D eigenvalue weighted by atomic mass is 9.95. The van der Waals surface area contributed by atoms with Crippen molar-refractivity contribution in [2.75, 3.05) is 10.6 Å². The molecule has 0 aliphatic carbocycles. The monoisotopic (exact) mass is 534 g/mol. The van der Waals surface area contributed by atoms with Crippen LogP contribution in [-0.4, -0.2) is 5.91 Å². The molecule has 3 aromatic rings. The minimum absolute atomic E-state index is 0.0206. The van der Waals surface area contributed by atoms with Gasteiger partial charge >= 0.3 is 6.18 Å². The molecule has 1 amide bonds. The zero-order valence-corrected chi connectivity index (χ0v) is 21.3. The summed E-state index contributed by atoms with van der Waals surface area (Å²) >= 11 is 0. The van der Waals surface area contributed by atoms with Crippen LogP contribution in [0.25, 0.3) is 0 Å². The van der Waals surface area contributed by atoms with Crippen molar-refractivity contribution in [1.29, 1.82) is 0 Å². The first kappa shape index (κ1) is 28.9. The molecule has 0 saturated heterocycles. The van der Waals surface area contributed by atoms with Gasteiger partial charge in [0.25, 0.3) is 0 Å². The van der Waals surface area contributed by atoms with Crippen molar-refractivity contribution in [3.8, 4) is 5.75 Å². The second-order valence-corrected chi connectivity index (χ2v) is 9.09. The Morgan fingerprint density at radius 1 is 0.921 bits per heavy atom. The number of ether oxygens (including phenoxy) is 1. The molecule has 9 heteroatoms. The maximum absolute atomic E-state index is 14.4. The lowest BCUT2D eigenvalue weighted by Gasteiger charge is -2.17. The molecule has 0 aromatic heterocycles. The van der Waals surface area contributed by atoms with Crippen LogP contribution in [0.1, 0.15) is 57.1 Å². The summed E-state index contributed by atoms with van der Waals surface area (Å²) in [6.07, 6.45) is -0.818. The van der Waals surface area contributed by atoms with Crippen LogP contribution in [-0.2, 0) is 17.6 Å². The van der Waals surface area contributed by atoms with Gasteiger partial charge in [-0.2, -0.15) is 13.2 Å². The maximum Gasteiger partial charge on any atom is 0.418 e. The first-order valence-corrected chi connectivity index (χ1v) is 12.5. The van der Waals surface area contributed by atoms with Gasteiger partial charge in [0, 0.05) is 12.1 Å². The standard InChI is InChI=1S/C29H31F5N2O2/c1-3-5-19(4-2)8-15-28(37)36-27-16-22(11-13-25(27)31)35-26-14-12-23(17-24(26)29(32,33)34)38-18-20-6-9-21(30)10-7-20/h6-7,9-14,16-17,19,35H,3-5,8,15,18H2,1-2H3,(H,36,37). The van der Waals surface area contributed by atoms with Gasteiger partial charge in [-0.3, -0.25) is 4.79 Å². The van der Waals surface area contributed by atoms with Crippen molar-refractivity contribution in [2.24, 2.45) is 5.92 Å². The zero-order valence-electron chi connectivity index (χ0n) is 21.3. The fraction of sp³-hybridized carbons (Fsp3) is 0.345. The summed E-state index contributed by atoms with van der Waals surface area (Å²) in [7, 11) is 0. The highest BCUT2D eigenvalue weighted by Gasteiger charge is 2.34. The average molecular weight is 535 g/mol. The molecule has 1 atom stereocenters. The summed E-state index contributed by atoms with van der Waals surface area (Å²) in [6.45, 7) is 4.10. The van der Waals surface area contributed by atoms with Crippen LogP contribution < -0.4 is 15.4 Å². The van der Waals surface area contributed by atoms with Crippen LogP contribution >= 0.6 is 0 Å². The lowest BCUT2D eigenvalue weighted by molar-refractivity contribution is -0.137. The van der Waals surface area contributed by atoms with Gasteiger partial charge < -0.3 is 15.4 Å². The van der Waals surface area contributed by atoms with E-state index in [0.29, 0.717) is 17.9 Å². The number of halogens is 5. The van der Waals surface area contributed by atoms with Gasteiger partial charge in [0.15, 0.2) is 0 Å². The van der Waals surface area contributed by atoms with Gasteiger partial charge in [-0.25, -0.2) is 8.78 Å². The van der Waals surface area contributed by atoms with Crippen molar-refractivity contribution < 1.29 is 31.5 Å². The third-order valence-corrected chi connectivity index (χ3v) is 6.19. The van der Waals surface area contributed by atoms with Crippen LogP contribution in [0.2, 0.25) is 0 Å². The van der Waals surface area contributed by atoms with Crippen molar-refractivity contribution in [2.45, 2.75) is 58.7 Å². The van der Waals surface area contributed by atoms with Crippen LogP contribution in [0, 0.1) is 17.6 Å². The first-order valence-electron chi connectivity index (χ1n) is 12.5.